The van der Waals surface area contributed by atoms with Gasteiger partial charge < -0.3 is 25.0 Å². The molecule has 47 heavy (non-hydrogen) atoms. The van der Waals surface area contributed by atoms with Crippen molar-refractivity contribution in [2.75, 3.05) is 0 Å². The summed E-state index contributed by atoms with van der Waals surface area (Å²) in [6.45, 7) is 23.9. The van der Waals surface area contributed by atoms with Gasteiger partial charge in [0, 0.05) is 12.0 Å². The van der Waals surface area contributed by atoms with Crippen molar-refractivity contribution in [2.45, 2.75) is 138 Å². The average Bonchev–Trinajstić information content (AvgIpc) is 2.93. The van der Waals surface area contributed by atoms with Crippen molar-refractivity contribution >= 4 is 23.9 Å². The number of carbonyl (C=O) groups is 4. The lowest BCUT2D eigenvalue weighted by Gasteiger charge is -2.45. The molecular formula is C38H57N3O6. The Labute approximate surface area is 282 Å². The Hall–Kier alpha value is -3.88. The van der Waals surface area contributed by atoms with E-state index in [9.17, 15) is 19.2 Å². The van der Waals surface area contributed by atoms with Crippen LogP contribution in [0.2, 0.25) is 0 Å². The minimum atomic E-state index is -1.14. The van der Waals surface area contributed by atoms with Crippen molar-refractivity contribution in [1.29, 1.82) is 0 Å². The lowest BCUT2D eigenvalue weighted by atomic mass is 9.89. The molecule has 0 bridgehead atoms. The number of esters is 1. The van der Waals surface area contributed by atoms with Gasteiger partial charge in [-0.3, -0.25) is 9.59 Å². The maximum Gasteiger partial charge on any atom is 0.408 e. The lowest BCUT2D eigenvalue weighted by molar-refractivity contribution is -0.159. The third-order valence-corrected chi connectivity index (χ3v) is 8.00. The standard InChI is InChI=1S/C38H57N3O6/c1-14-38(12,13)41(33(43)30(24(2)3)40-35(45)47-37(9,10)11)31(28-21-20-25(4)26(5)22-28)32(42)39-29(34(44)46-36(6,7)8)23-27-18-16-15-17-19-27/h15-22,24,29-31H,14,23H2,1-13H3,(H,39,42)(H,40,45). The van der Waals surface area contributed by atoms with Crippen molar-refractivity contribution in [3.8, 4) is 0 Å². The van der Waals surface area contributed by atoms with Crippen LogP contribution in [0.25, 0.3) is 0 Å². The van der Waals surface area contributed by atoms with E-state index in [0.717, 1.165) is 16.7 Å². The molecule has 0 saturated heterocycles. The zero-order valence-corrected chi connectivity index (χ0v) is 30.7. The lowest BCUT2D eigenvalue weighted by Crippen LogP contribution is -2.61. The van der Waals surface area contributed by atoms with Gasteiger partial charge in [-0.15, -0.1) is 0 Å². The Morgan fingerprint density at radius 2 is 1.36 bits per heavy atom. The molecule has 2 N–H and O–H groups in total. The molecule has 0 spiro atoms. The van der Waals surface area contributed by atoms with Gasteiger partial charge in [0.25, 0.3) is 0 Å². The summed E-state index contributed by atoms with van der Waals surface area (Å²) in [5, 5.41) is 5.75. The summed E-state index contributed by atoms with van der Waals surface area (Å²) < 4.78 is 11.3. The molecule has 0 aliphatic heterocycles. The fraction of sp³-hybridized carbons (Fsp3) is 0.579. The van der Waals surface area contributed by atoms with Crippen LogP contribution >= 0.6 is 0 Å². The average molecular weight is 652 g/mol. The highest BCUT2D eigenvalue weighted by Gasteiger charge is 2.45. The van der Waals surface area contributed by atoms with Gasteiger partial charge in [0.2, 0.25) is 11.8 Å². The topological polar surface area (TPSA) is 114 Å². The van der Waals surface area contributed by atoms with Gasteiger partial charge in [-0.25, -0.2) is 9.59 Å². The summed E-state index contributed by atoms with van der Waals surface area (Å²) in [4.78, 5) is 57.5. The summed E-state index contributed by atoms with van der Waals surface area (Å²) in [6.07, 6.45) is -0.0237. The van der Waals surface area contributed by atoms with Gasteiger partial charge in [-0.05, 0) is 104 Å². The van der Waals surface area contributed by atoms with Gasteiger partial charge in [0.1, 0.15) is 29.3 Å². The molecule has 0 heterocycles. The number of benzene rings is 2. The van der Waals surface area contributed by atoms with Crippen LogP contribution < -0.4 is 10.6 Å². The van der Waals surface area contributed by atoms with Gasteiger partial charge in [-0.2, -0.15) is 0 Å². The number of hydrogen-bond donors (Lipinski definition) is 2. The Kier molecular flexibility index (Phi) is 13.2. The van der Waals surface area contributed by atoms with Crippen LogP contribution in [0.15, 0.2) is 48.5 Å². The maximum atomic E-state index is 14.7. The molecule has 3 amide bonds. The first-order chi connectivity index (χ1) is 21.6. The predicted molar refractivity (Wildman–Crippen MR) is 186 cm³/mol. The predicted octanol–water partition coefficient (Wildman–Crippen LogP) is 6.98. The second-order valence-corrected chi connectivity index (χ2v) is 15.3. The molecule has 9 heteroatoms. The van der Waals surface area contributed by atoms with Crippen LogP contribution in [0.3, 0.4) is 0 Å². The number of nitrogens with zero attached hydrogens (tertiary/aromatic N) is 1. The normalized spacial score (nSPS) is 14.1. The number of amides is 3. The van der Waals surface area contributed by atoms with Gasteiger partial charge in [-0.1, -0.05) is 69.3 Å². The summed E-state index contributed by atoms with van der Waals surface area (Å²) >= 11 is 0. The third kappa shape index (κ3) is 11.7. The van der Waals surface area contributed by atoms with E-state index in [4.69, 9.17) is 9.47 Å². The van der Waals surface area contributed by atoms with Crippen molar-refractivity contribution < 1.29 is 28.7 Å². The SMILES string of the molecule is CCC(C)(C)N(C(=O)C(NC(=O)OC(C)(C)C)C(C)C)C(C(=O)NC(Cc1ccccc1)C(=O)OC(C)(C)C)c1ccc(C)c(C)c1. The van der Waals surface area contributed by atoms with Crippen LogP contribution in [0, 0.1) is 19.8 Å². The van der Waals surface area contributed by atoms with Gasteiger partial charge in [0.05, 0.1) is 0 Å². The zero-order valence-electron chi connectivity index (χ0n) is 30.7. The van der Waals surface area contributed by atoms with E-state index >= 15 is 0 Å². The molecule has 0 fully saturated rings. The van der Waals surface area contributed by atoms with Gasteiger partial charge >= 0.3 is 12.1 Å². The quantitative estimate of drug-likeness (QED) is 0.240. The van der Waals surface area contributed by atoms with Crippen molar-refractivity contribution in [3.05, 3.63) is 70.8 Å². The fourth-order valence-corrected chi connectivity index (χ4v) is 5.06. The van der Waals surface area contributed by atoms with Crippen molar-refractivity contribution in [1.82, 2.24) is 15.5 Å². The molecular weight excluding hydrogens is 594 g/mol. The molecule has 0 saturated carbocycles. The smallest absolute Gasteiger partial charge is 0.408 e. The molecule has 3 unspecified atom stereocenters. The summed E-state index contributed by atoms with van der Waals surface area (Å²) in [6, 6.07) is 11.9. The molecule has 0 aliphatic carbocycles. The number of carbonyl (C=O) groups excluding carboxylic acids is 4. The highest BCUT2D eigenvalue weighted by atomic mass is 16.6. The molecule has 2 aromatic carbocycles. The van der Waals surface area contributed by atoms with Gasteiger partial charge in [0.15, 0.2) is 0 Å². The van der Waals surface area contributed by atoms with E-state index in [0.29, 0.717) is 12.0 Å². The maximum absolute atomic E-state index is 14.7. The number of nitrogens with one attached hydrogen (secondary N) is 2. The highest BCUT2D eigenvalue weighted by molar-refractivity contribution is 5.94. The Morgan fingerprint density at radius 3 is 1.85 bits per heavy atom. The van der Waals surface area contributed by atoms with E-state index in [1.807, 2.05) is 97.0 Å². The van der Waals surface area contributed by atoms with Crippen LogP contribution in [-0.2, 0) is 30.3 Å². The minimum Gasteiger partial charge on any atom is -0.458 e. The summed E-state index contributed by atoms with van der Waals surface area (Å²) in [5.41, 5.74) is 1.01. The number of rotatable bonds is 12. The highest BCUT2D eigenvalue weighted by Crippen LogP contribution is 2.34. The summed E-state index contributed by atoms with van der Waals surface area (Å²) in [7, 11) is 0. The van der Waals surface area contributed by atoms with Crippen LogP contribution in [-0.4, -0.2) is 57.6 Å². The van der Waals surface area contributed by atoms with Crippen LogP contribution in [0.4, 0.5) is 4.79 Å². The molecule has 9 nitrogen and oxygen atoms in total. The minimum absolute atomic E-state index is 0.196. The molecule has 2 aromatic rings. The molecule has 2 rings (SSSR count). The van der Waals surface area contributed by atoms with E-state index in [1.165, 1.54) is 0 Å². The fourth-order valence-electron chi connectivity index (χ4n) is 5.06. The number of aryl methyl sites for hydroxylation is 2. The zero-order chi connectivity index (χ0) is 35.9. The molecule has 0 aliphatic rings. The van der Waals surface area contributed by atoms with E-state index < -0.39 is 58.7 Å². The number of hydrogen-bond acceptors (Lipinski definition) is 6. The molecule has 3 atom stereocenters. The van der Waals surface area contributed by atoms with E-state index in [2.05, 4.69) is 10.6 Å². The largest absolute Gasteiger partial charge is 0.458 e. The summed E-state index contributed by atoms with van der Waals surface area (Å²) in [5.74, 6) is -1.88. The molecule has 260 valence electrons. The first-order valence-electron chi connectivity index (χ1n) is 16.5. The van der Waals surface area contributed by atoms with Crippen molar-refractivity contribution in [3.63, 3.8) is 0 Å². The van der Waals surface area contributed by atoms with E-state index in [-0.39, 0.29) is 12.3 Å². The van der Waals surface area contributed by atoms with Crippen molar-refractivity contribution in [2.24, 2.45) is 5.92 Å². The van der Waals surface area contributed by atoms with Crippen LogP contribution in [0.5, 0.6) is 0 Å². The number of ether oxygens (including phenoxy) is 2. The van der Waals surface area contributed by atoms with Crippen LogP contribution in [0.1, 0.15) is 111 Å². The number of alkyl carbamates (subject to hydrolysis) is 1. The first kappa shape index (κ1) is 39.3. The second-order valence-electron chi connectivity index (χ2n) is 15.3. The Morgan fingerprint density at radius 1 is 0.787 bits per heavy atom. The molecule has 0 radical (unpaired) electrons. The Bertz CT molecular complexity index is 1390. The van der Waals surface area contributed by atoms with E-state index in [1.54, 1.807) is 46.4 Å². The first-order valence-corrected chi connectivity index (χ1v) is 16.5. The second kappa shape index (κ2) is 15.8. The monoisotopic (exact) mass is 651 g/mol. The Balaban J connectivity index is 2.73. The molecule has 0 aromatic heterocycles. The third-order valence-electron chi connectivity index (χ3n) is 8.00.